The van der Waals surface area contributed by atoms with Crippen LogP contribution in [-0.2, 0) is 11.3 Å². The maximum Gasteiger partial charge on any atom is 0.277 e. The van der Waals surface area contributed by atoms with E-state index in [-0.39, 0.29) is 24.4 Å². The first-order valence-corrected chi connectivity index (χ1v) is 9.21. The molecule has 0 fully saturated rings. The molecule has 0 spiro atoms. The van der Waals surface area contributed by atoms with Crippen molar-refractivity contribution < 1.29 is 4.79 Å². The normalized spacial score (nSPS) is 10.8. The molecule has 134 valence electrons. The summed E-state index contributed by atoms with van der Waals surface area (Å²) in [5, 5.41) is 14.1. The van der Waals surface area contributed by atoms with Crippen molar-refractivity contribution in [1.82, 2.24) is 20.0 Å². The topological polar surface area (TPSA) is 89.8 Å². The van der Waals surface area contributed by atoms with Crippen LogP contribution in [0.3, 0.4) is 0 Å². The fourth-order valence-electron chi connectivity index (χ4n) is 2.70. The van der Waals surface area contributed by atoms with Crippen LogP contribution < -0.4 is 10.9 Å². The maximum atomic E-state index is 12.4. The third-order valence-electron chi connectivity index (χ3n) is 4.01. The van der Waals surface area contributed by atoms with Gasteiger partial charge >= 0.3 is 0 Å². The molecule has 1 N–H and O–H groups in total. The number of carbonyl (C=O) groups excluding carboxylic acids is 1. The van der Waals surface area contributed by atoms with Crippen LogP contribution in [0.5, 0.6) is 0 Å². The summed E-state index contributed by atoms with van der Waals surface area (Å²) >= 11 is 1.54. The third kappa shape index (κ3) is 3.75. The highest BCUT2D eigenvalue weighted by Gasteiger charge is 2.09. The van der Waals surface area contributed by atoms with Crippen molar-refractivity contribution >= 4 is 33.8 Å². The van der Waals surface area contributed by atoms with Crippen LogP contribution in [-0.4, -0.2) is 25.9 Å². The summed E-state index contributed by atoms with van der Waals surface area (Å²) < 4.78 is 1.22. The van der Waals surface area contributed by atoms with Crippen LogP contribution >= 0.6 is 11.3 Å². The summed E-state index contributed by atoms with van der Waals surface area (Å²) in [5.74, 6) is -0.201. The van der Waals surface area contributed by atoms with Gasteiger partial charge in [-0.1, -0.05) is 29.5 Å². The lowest BCUT2D eigenvalue weighted by atomic mass is 10.2. The number of aryl methyl sites for hydroxylation is 1. The predicted octanol–water partition coefficient (Wildman–Crippen LogP) is 2.94. The fraction of sp³-hybridized carbons (Fsp3) is 0.105. The molecule has 0 aliphatic carbocycles. The van der Waals surface area contributed by atoms with Crippen LogP contribution in [0.15, 0.2) is 64.9 Å². The van der Waals surface area contributed by atoms with Gasteiger partial charge in [-0.2, -0.15) is 0 Å². The van der Waals surface area contributed by atoms with Gasteiger partial charge in [0.15, 0.2) is 0 Å². The lowest BCUT2D eigenvalue weighted by Crippen LogP contribution is -2.26. The number of rotatable bonds is 5. The van der Waals surface area contributed by atoms with E-state index < -0.39 is 0 Å². The summed E-state index contributed by atoms with van der Waals surface area (Å²) in [5.41, 5.74) is 1.92. The number of carbonyl (C=O) groups is 1. The molecule has 8 heteroatoms. The highest BCUT2D eigenvalue weighted by molar-refractivity contribution is 7.13. The Kier molecular flexibility index (Phi) is 4.71. The fourth-order valence-corrected chi connectivity index (χ4v) is 3.33. The van der Waals surface area contributed by atoms with Gasteiger partial charge in [0.1, 0.15) is 10.5 Å². The molecular weight excluding hydrogens is 362 g/mol. The Morgan fingerprint density at radius 2 is 2.04 bits per heavy atom. The van der Waals surface area contributed by atoms with Crippen LogP contribution in [0.2, 0.25) is 0 Å². The van der Waals surface area contributed by atoms with Crippen molar-refractivity contribution in [3.63, 3.8) is 0 Å². The Bertz CT molecular complexity index is 1150. The highest BCUT2D eigenvalue weighted by atomic mass is 32.1. The second-order valence-electron chi connectivity index (χ2n) is 5.85. The van der Waals surface area contributed by atoms with Gasteiger partial charge in [0.25, 0.3) is 5.56 Å². The first-order chi connectivity index (χ1) is 13.2. The number of fused-ring (bicyclic) bond motifs is 1. The average Bonchev–Trinajstić information content (AvgIpc) is 3.23. The molecule has 0 saturated carbocycles. The number of hydrogen-bond donors (Lipinski definition) is 1. The van der Waals surface area contributed by atoms with Crippen molar-refractivity contribution in [2.24, 2.45) is 0 Å². The number of hydrogen-bond acceptors (Lipinski definition) is 6. The number of nitrogens with one attached hydrogen (secondary N) is 1. The first-order valence-electron chi connectivity index (χ1n) is 8.33. The van der Waals surface area contributed by atoms with Crippen molar-refractivity contribution in [2.45, 2.75) is 13.0 Å². The Morgan fingerprint density at radius 3 is 2.89 bits per heavy atom. The number of amides is 1. The van der Waals surface area contributed by atoms with Crippen LogP contribution in [0.1, 0.15) is 6.42 Å². The van der Waals surface area contributed by atoms with E-state index in [9.17, 15) is 9.59 Å². The van der Waals surface area contributed by atoms with Gasteiger partial charge < -0.3 is 5.32 Å². The molecule has 27 heavy (non-hydrogen) atoms. The van der Waals surface area contributed by atoms with Gasteiger partial charge in [0.05, 0.1) is 11.9 Å². The van der Waals surface area contributed by atoms with E-state index >= 15 is 0 Å². The number of anilines is 1. The quantitative estimate of drug-likeness (QED) is 0.577. The molecule has 4 aromatic rings. The lowest BCUT2D eigenvalue weighted by Gasteiger charge is -2.07. The average molecular weight is 377 g/mol. The molecule has 0 radical (unpaired) electrons. The van der Waals surface area contributed by atoms with E-state index in [4.69, 9.17) is 0 Å². The molecular formula is C19H15N5O2S. The van der Waals surface area contributed by atoms with E-state index in [0.29, 0.717) is 16.6 Å². The first kappa shape index (κ1) is 17.0. The van der Waals surface area contributed by atoms with Crippen LogP contribution in [0.25, 0.3) is 21.5 Å². The van der Waals surface area contributed by atoms with E-state index in [1.165, 1.54) is 16.0 Å². The summed E-state index contributed by atoms with van der Waals surface area (Å²) in [6.07, 6.45) is 1.86. The van der Waals surface area contributed by atoms with Crippen molar-refractivity contribution in [3.05, 3.63) is 70.5 Å². The van der Waals surface area contributed by atoms with Crippen LogP contribution in [0.4, 0.5) is 5.69 Å². The van der Waals surface area contributed by atoms with Gasteiger partial charge in [-0.15, -0.1) is 16.4 Å². The zero-order valence-corrected chi connectivity index (χ0v) is 15.0. The number of thiazole rings is 1. The highest BCUT2D eigenvalue weighted by Crippen LogP contribution is 2.24. The zero-order chi connectivity index (χ0) is 18.6. The Labute approximate surface area is 158 Å². The molecule has 4 rings (SSSR count). The number of nitrogens with zero attached hydrogens (tertiary/aromatic N) is 4. The molecule has 7 nitrogen and oxygen atoms in total. The molecule has 0 saturated heterocycles. The monoisotopic (exact) mass is 377 g/mol. The largest absolute Gasteiger partial charge is 0.326 e. The van der Waals surface area contributed by atoms with E-state index in [2.05, 4.69) is 20.6 Å². The molecule has 0 atom stereocenters. The summed E-state index contributed by atoms with van der Waals surface area (Å²) in [6.45, 7) is 0.161. The SMILES string of the molecule is O=C(CCn1nnc2ccccc2c1=O)Nc1cccc(-c2nccs2)c1. The minimum Gasteiger partial charge on any atom is -0.326 e. The van der Waals surface area contributed by atoms with Crippen molar-refractivity contribution in [3.8, 4) is 10.6 Å². The number of aromatic nitrogens is 4. The van der Waals surface area contributed by atoms with E-state index in [1.54, 1.807) is 30.5 Å². The van der Waals surface area contributed by atoms with Gasteiger partial charge in [-0.25, -0.2) is 9.67 Å². The Morgan fingerprint density at radius 1 is 1.15 bits per heavy atom. The van der Waals surface area contributed by atoms with E-state index in [0.717, 1.165) is 10.6 Å². The number of benzene rings is 2. The second-order valence-corrected chi connectivity index (χ2v) is 6.75. The summed E-state index contributed by atoms with van der Waals surface area (Å²) in [7, 11) is 0. The summed E-state index contributed by atoms with van der Waals surface area (Å²) in [4.78, 5) is 28.9. The smallest absolute Gasteiger partial charge is 0.277 e. The van der Waals surface area contributed by atoms with E-state index in [1.807, 2.05) is 29.6 Å². The maximum absolute atomic E-state index is 12.4. The standard InChI is InChI=1S/C19H15N5O2S/c25-17(21-14-5-3-4-13(12-14)18-20-9-11-27-18)8-10-24-19(26)15-6-1-2-7-16(15)22-23-24/h1-7,9,11-12H,8,10H2,(H,21,25). The molecule has 0 aliphatic rings. The Hall–Kier alpha value is -3.39. The summed E-state index contributed by atoms with van der Waals surface area (Å²) in [6, 6.07) is 14.5. The second kappa shape index (κ2) is 7.46. The molecule has 2 heterocycles. The molecule has 0 bridgehead atoms. The van der Waals surface area contributed by atoms with Gasteiger partial charge in [-0.3, -0.25) is 9.59 Å². The minimum absolute atomic E-state index is 0.119. The molecule has 2 aromatic heterocycles. The minimum atomic E-state index is -0.251. The molecule has 1 amide bonds. The Balaban J connectivity index is 1.44. The molecule has 0 unspecified atom stereocenters. The van der Waals surface area contributed by atoms with Crippen molar-refractivity contribution in [2.75, 3.05) is 5.32 Å². The predicted molar refractivity (Wildman–Crippen MR) is 105 cm³/mol. The molecule has 2 aromatic carbocycles. The van der Waals surface area contributed by atoms with Gasteiger partial charge in [0.2, 0.25) is 5.91 Å². The molecule has 0 aliphatic heterocycles. The van der Waals surface area contributed by atoms with Gasteiger partial charge in [-0.05, 0) is 24.3 Å². The lowest BCUT2D eigenvalue weighted by molar-refractivity contribution is -0.116. The van der Waals surface area contributed by atoms with Crippen LogP contribution in [0, 0.1) is 0 Å². The third-order valence-corrected chi connectivity index (χ3v) is 4.83. The van der Waals surface area contributed by atoms with Gasteiger partial charge in [0, 0.05) is 29.2 Å². The van der Waals surface area contributed by atoms with Crippen molar-refractivity contribution in [1.29, 1.82) is 0 Å². The zero-order valence-electron chi connectivity index (χ0n) is 14.2.